The van der Waals surface area contributed by atoms with Crippen LogP contribution in [-0.4, -0.2) is 35.4 Å². The third-order valence-electron chi connectivity index (χ3n) is 3.62. The van der Waals surface area contributed by atoms with Crippen molar-refractivity contribution in [2.75, 3.05) is 19.8 Å². The molecule has 0 unspecified atom stereocenters. The maximum atomic E-state index is 12.0. The molecule has 0 saturated heterocycles. The first kappa shape index (κ1) is 16.7. The fraction of sp³-hybridized carbons (Fsp3) is 0.688. The van der Waals surface area contributed by atoms with Crippen molar-refractivity contribution in [2.45, 2.75) is 45.6 Å². The van der Waals surface area contributed by atoms with E-state index in [4.69, 9.17) is 4.74 Å². The van der Waals surface area contributed by atoms with Gasteiger partial charge in [0.15, 0.2) is 0 Å². The van der Waals surface area contributed by atoms with E-state index in [0.29, 0.717) is 19.7 Å². The number of hydrogen-bond donors (Lipinski definition) is 1. The van der Waals surface area contributed by atoms with E-state index in [2.05, 4.69) is 10.4 Å². The molecular weight excluding hydrogens is 282 g/mol. The van der Waals surface area contributed by atoms with Gasteiger partial charge in [0.05, 0.1) is 0 Å². The van der Waals surface area contributed by atoms with Crippen molar-refractivity contribution in [1.29, 1.82) is 0 Å². The highest BCUT2D eigenvalue weighted by atomic mass is 16.5. The lowest BCUT2D eigenvalue weighted by atomic mass is 10.3. The molecule has 0 radical (unpaired) electrons. The molecule has 0 aromatic carbocycles. The highest BCUT2D eigenvalue weighted by Crippen LogP contribution is 2.28. The van der Waals surface area contributed by atoms with Crippen molar-refractivity contribution < 1.29 is 9.53 Å². The second-order valence-electron chi connectivity index (χ2n) is 5.76. The smallest absolute Gasteiger partial charge is 0.271 e. The van der Waals surface area contributed by atoms with Crippen molar-refractivity contribution in [3.05, 3.63) is 28.2 Å². The van der Waals surface area contributed by atoms with Crippen molar-refractivity contribution in [2.24, 2.45) is 5.92 Å². The number of hydrogen-bond acceptors (Lipinski definition) is 4. The van der Waals surface area contributed by atoms with E-state index in [-0.39, 0.29) is 17.2 Å². The fourth-order valence-corrected chi connectivity index (χ4v) is 2.04. The van der Waals surface area contributed by atoms with Gasteiger partial charge in [0.2, 0.25) is 0 Å². The molecule has 1 aromatic heterocycles. The Morgan fingerprint density at radius 1 is 1.41 bits per heavy atom. The third-order valence-corrected chi connectivity index (χ3v) is 3.62. The second kappa shape index (κ2) is 8.68. The van der Waals surface area contributed by atoms with Gasteiger partial charge < -0.3 is 10.1 Å². The first-order valence-corrected chi connectivity index (χ1v) is 8.15. The molecule has 2 rings (SSSR count). The van der Waals surface area contributed by atoms with E-state index in [1.165, 1.54) is 29.7 Å². The number of carbonyl (C=O) groups is 1. The SMILES string of the molecule is CCCCn1nc(C(=O)NCCCOCC2CC2)ccc1=O. The molecule has 1 N–H and O–H groups in total. The lowest BCUT2D eigenvalue weighted by Crippen LogP contribution is -2.30. The molecule has 1 aromatic rings. The summed E-state index contributed by atoms with van der Waals surface area (Å²) in [5.74, 6) is 0.524. The molecule has 1 saturated carbocycles. The Bertz CT molecular complexity index is 538. The van der Waals surface area contributed by atoms with E-state index in [1.54, 1.807) is 0 Å². The Morgan fingerprint density at radius 3 is 2.95 bits per heavy atom. The Hall–Kier alpha value is -1.69. The minimum absolute atomic E-state index is 0.168. The monoisotopic (exact) mass is 307 g/mol. The first-order valence-electron chi connectivity index (χ1n) is 8.15. The summed E-state index contributed by atoms with van der Waals surface area (Å²) < 4.78 is 6.87. The largest absolute Gasteiger partial charge is 0.381 e. The maximum Gasteiger partial charge on any atom is 0.271 e. The number of aryl methyl sites for hydroxylation is 1. The number of amides is 1. The number of nitrogens with one attached hydrogen (secondary N) is 1. The van der Waals surface area contributed by atoms with Crippen LogP contribution in [0.3, 0.4) is 0 Å². The minimum Gasteiger partial charge on any atom is -0.381 e. The summed E-state index contributed by atoms with van der Waals surface area (Å²) >= 11 is 0. The molecule has 6 nitrogen and oxygen atoms in total. The van der Waals surface area contributed by atoms with E-state index >= 15 is 0 Å². The van der Waals surface area contributed by atoms with Gasteiger partial charge >= 0.3 is 0 Å². The molecule has 6 heteroatoms. The molecule has 1 fully saturated rings. The zero-order valence-electron chi connectivity index (χ0n) is 13.2. The Balaban J connectivity index is 1.72. The first-order chi connectivity index (χ1) is 10.7. The number of nitrogens with zero attached hydrogens (tertiary/aromatic N) is 2. The van der Waals surface area contributed by atoms with E-state index < -0.39 is 0 Å². The lowest BCUT2D eigenvalue weighted by molar-refractivity contribution is 0.0930. The predicted molar refractivity (Wildman–Crippen MR) is 83.9 cm³/mol. The molecule has 122 valence electrons. The zero-order chi connectivity index (χ0) is 15.8. The summed E-state index contributed by atoms with van der Waals surface area (Å²) in [5.41, 5.74) is 0.119. The van der Waals surface area contributed by atoms with Crippen LogP contribution in [0.2, 0.25) is 0 Å². The van der Waals surface area contributed by atoms with Crippen LogP contribution in [0, 0.1) is 5.92 Å². The summed E-state index contributed by atoms with van der Waals surface area (Å²) in [6.45, 7) is 4.66. The number of ether oxygens (including phenoxy) is 1. The topological polar surface area (TPSA) is 73.2 Å². The normalized spacial score (nSPS) is 14.0. The van der Waals surface area contributed by atoms with Crippen LogP contribution in [-0.2, 0) is 11.3 Å². The lowest BCUT2D eigenvalue weighted by Gasteiger charge is -2.07. The Kier molecular flexibility index (Phi) is 6.58. The summed E-state index contributed by atoms with van der Waals surface area (Å²) in [6, 6.07) is 2.88. The molecule has 0 bridgehead atoms. The van der Waals surface area contributed by atoms with Crippen LogP contribution < -0.4 is 10.9 Å². The van der Waals surface area contributed by atoms with Gasteiger partial charge in [0.25, 0.3) is 11.5 Å². The third kappa shape index (κ3) is 5.60. The van der Waals surface area contributed by atoms with Gasteiger partial charge in [0, 0.05) is 32.4 Å². The summed E-state index contributed by atoms with van der Waals surface area (Å²) in [6.07, 6.45) is 5.21. The highest BCUT2D eigenvalue weighted by Gasteiger charge is 2.20. The highest BCUT2D eigenvalue weighted by molar-refractivity contribution is 5.91. The number of unbranched alkanes of at least 4 members (excludes halogenated alkanes) is 1. The van der Waals surface area contributed by atoms with Gasteiger partial charge in [-0.25, -0.2) is 4.68 Å². The molecule has 1 heterocycles. The molecular formula is C16H25N3O3. The zero-order valence-corrected chi connectivity index (χ0v) is 13.2. The van der Waals surface area contributed by atoms with Gasteiger partial charge in [-0.1, -0.05) is 13.3 Å². The minimum atomic E-state index is -0.243. The van der Waals surface area contributed by atoms with E-state index in [0.717, 1.165) is 31.8 Å². The van der Waals surface area contributed by atoms with Gasteiger partial charge in [-0.2, -0.15) is 5.10 Å². The molecule has 0 spiro atoms. The Morgan fingerprint density at radius 2 is 2.23 bits per heavy atom. The standard InChI is InChI=1S/C16H25N3O3/c1-2-3-10-19-15(20)8-7-14(18-19)16(21)17-9-4-11-22-12-13-5-6-13/h7-8,13H,2-6,9-12H2,1H3,(H,17,21). The van der Waals surface area contributed by atoms with Crippen LogP contribution in [0.15, 0.2) is 16.9 Å². The van der Waals surface area contributed by atoms with Gasteiger partial charge in [-0.3, -0.25) is 9.59 Å². The molecule has 0 aliphatic heterocycles. The maximum absolute atomic E-state index is 12.0. The predicted octanol–water partition coefficient (Wildman–Crippen LogP) is 1.59. The Labute approximate surface area is 130 Å². The molecule has 0 atom stereocenters. The molecule has 1 aliphatic rings. The number of aromatic nitrogens is 2. The second-order valence-corrected chi connectivity index (χ2v) is 5.76. The van der Waals surface area contributed by atoms with Crippen LogP contribution in [0.5, 0.6) is 0 Å². The molecule has 1 amide bonds. The summed E-state index contributed by atoms with van der Waals surface area (Å²) in [5, 5.41) is 6.93. The van der Waals surface area contributed by atoms with Crippen molar-refractivity contribution >= 4 is 5.91 Å². The van der Waals surface area contributed by atoms with Gasteiger partial charge in [-0.05, 0) is 37.7 Å². The number of rotatable bonds is 10. The number of carbonyl (C=O) groups excluding carboxylic acids is 1. The van der Waals surface area contributed by atoms with Crippen LogP contribution in [0.4, 0.5) is 0 Å². The van der Waals surface area contributed by atoms with Crippen LogP contribution >= 0.6 is 0 Å². The average molecular weight is 307 g/mol. The van der Waals surface area contributed by atoms with E-state index in [9.17, 15) is 9.59 Å². The fourth-order valence-electron chi connectivity index (χ4n) is 2.04. The van der Waals surface area contributed by atoms with Crippen molar-refractivity contribution in [3.63, 3.8) is 0 Å². The van der Waals surface area contributed by atoms with Crippen LogP contribution in [0.25, 0.3) is 0 Å². The van der Waals surface area contributed by atoms with Crippen LogP contribution in [0.1, 0.15) is 49.5 Å². The van der Waals surface area contributed by atoms with E-state index in [1.807, 2.05) is 6.92 Å². The molecule has 22 heavy (non-hydrogen) atoms. The summed E-state index contributed by atoms with van der Waals surface area (Å²) in [4.78, 5) is 23.6. The molecule has 1 aliphatic carbocycles. The van der Waals surface area contributed by atoms with Gasteiger partial charge in [-0.15, -0.1) is 0 Å². The quantitative estimate of drug-likeness (QED) is 0.666. The van der Waals surface area contributed by atoms with Crippen molar-refractivity contribution in [1.82, 2.24) is 15.1 Å². The van der Waals surface area contributed by atoms with Crippen molar-refractivity contribution in [3.8, 4) is 0 Å². The average Bonchev–Trinajstić information content (AvgIpc) is 3.34. The summed E-state index contributed by atoms with van der Waals surface area (Å²) in [7, 11) is 0. The van der Waals surface area contributed by atoms with Gasteiger partial charge in [0.1, 0.15) is 5.69 Å².